The number of hydrogen-bond acceptors (Lipinski definition) is 3. The smallest absolute Gasteiger partial charge is 0.243 e. The van der Waals surface area contributed by atoms with Crippen LogP contribution in [0.1, 0.15) is 63.0 Å². The summed E-state index contributed by atoms with van der Waals surface area (Å²) < 4.78 is 5.37. The molecule has 1 aliphatic carbocycles. The van der Waals surface area contributed by atoms with Crippen molar-refractivity contribution in [3.8, 4) is 5.75 Å². The number of nitrogens with zero attached hydrogens (tertiary/aromatic N) is 1. The van der Waals surface area contributed by atoms with Crippen LogP contribution < -0.4 is 10.1 Å². The summed E-state index contributed by atoms with van der Waals surface area (Å²) in [4.78, 5) is 28.6. The monoisotopic (exact) mass is 436 g/mol. The topological polar surface area (TPSA) is 58.6 Å². The number of methoxy groups -OCH3 is 1. The van der Waals surface area contributed by atoms with Crippen molar-refractivity contribution in [3.63, 3.8) is 0 Å². The molecule has 0 aliphatic heterocycles. The highest BCUT2D eigenvalue weighted by molar-refractivity contribution is 5.88. The molecule has 1 saturated carbocycles. The minimum absolute atomic E-state index is 0.00930. The molecule has 1 N–H and O–H groups in total. The van der Waals surface area contributed by atoms with E-state index in [-0.39, 0.29) is 17.9 Å². The lowest BCUT2D eigenvalue weighted by molar-refractivity contribution is -0.141. The number of carbonyl (C=O) groups excluding carboxylic acids is 2. The van der Waals surface area contributed by atoms with E-state index in [9.17, 15) is 9.59 Å². The molecule has 1 aliphatic rings. The first-order valence-electron chi connectivity index (χ1n) is 11.9. The zero-order valence-electron chi connectivity index (χ0n) is 19.4. The van der Waals surface area contributed by atoms with E-state index in [0.717, 1.165) is 49.0 Å². The second kappa shape index (κ2) is 12.3. The van der Waals surface area contributed by atoms with E-state index in [4.69, 9.17) is 4.74 Å². The van der Waals surface area contributed by atoms with Crippen LogP contribution in [0.4, 0.5) is 0 Å². The van der Waals surface area contributed by atoms with Crippen LogP contribution in [0.2, 0.25) is 0 Å². The summed E-state index contributed by atoms with van der Waals surface area (Å²) in [6.45, 7) is 2.38. The van der Waals surface area contributed by atoms with Crippen LogP contribution in [0.3, 0.4) is 0 Å². The van der Waals surface area contributed by atoms with Crippen molar-refractivity contribution in [3.05, 3.63) is 65.7 Å². The number of benzene rings is 2. The Balaban J connectivity index is 1.88. The normalized spacial score (nSPS) is 15.1. The van der Waals surface area contributed by atoms with E-state index < -0.39 is 6.04 Å². The van der Waals surface area contributed by atoms with E-state index in [2.05, 4.69) is 5.32 Å². The molecule has 1 fully saturated rings. The molecule has 3 rings (SSSR count). The van der Waals surface area contributed by atoms with Gasteiger partial charge in [-0.1, -0.05) is 68.7 Å². The molecule has 5 nitrogen and oxygen atoms in total. The molecular formula is C27H36N2O3. The van der Waals surface area contributed by atoms with Crippen molar-refractivity contribution in [2.75, 3.05) is 7.11 Å². The second-order valence-corrected chi connectivity index (χ2v) is 8.67. The van der Waals surface area contributed by atoms with Crippen LogP contribution in [0, 0.1) is 0 Å². The quantitative estimate of drug-likeness (QED) is 0.577. The first-order chi connectivity index (χ1) is 15.6. The molecule has 0 heterocycles. The van der Waals surface area contributed by atoms with E-state index >= 15 is 0 Å². The molecule has 5 heteroatoms. The molecule has 2 aromatic carbocycles. The lowest BCUT2D eigenvalue weighted by Gasteiger charge is -2.33. The van der Waals surface area contributed by atoms with Gasteiger partial charge in [0.15, 0.2) is 0 Å². The van der Waals surface area contributed by atoms with Crippen LogP contribution in [0.15, 0.2) is 54.6 Å². The molecule has 2 aromatic rings. The number of hydrogen-bond donors (Lipinski definition) is 1. The van der Waals surface area contributed by atoms with Crippen LogP contribution in [0.5, 0.6) is 5.75 Å². The van der Waals surface area contributed by atoms with E-state index in [1.54, 1.807) is 12.0 Å². The van der Waals surface area contributed by atoms with Gasteiger partial charge in [-0.15, -0.1) is 0 Å². The Bertz CT molecular complexity index is 862. The first kappa shape index (κ1) is 23.8. The maximum absolute atomic E-state index is 13.5. The maximum atomic E-state index is 13.5. The lowest BCUT2D eigenvalue weighted by Crippen LogP contribution is -2.52. The summed E-state index contributed by atoms with van der Waals surface area (Å²) in [6, 6.07) is 17.3. The number of amides is 2. The molecule has 0 saturated heterocycles. The second-order valence-electron chi connectivity index (χ2n) is 8.67. The summed E-state index contributed by atoms with van der Waals surface area (Å²) in [5.74, 6) is 0.708. The van der Waals surface area contributed by atoms with Gasteiger partial charge >= 0.3 is 0 Å². The maximum Gasteiger partial charge on any atom is 0.243 e. The largest absolute Gasteiger partial charge is 0.497 e. The average molecular weight is 437 g/mol. The van der Waals surface area contributed by atoms with E-state index in [1.165, 1.54) is 6.42 Å². The fourth-order valence-corrected chi connectivity index (χ4v) is 4.42. The van der Waals surface area contributed by atoms with Gasteiger partial charge in [0.2, 0.25) is 11.8 Å². The molecule has 0 aromatic heterocycles. The SMILES string of the molecule is CCCC(=O)N(Cc1cccc(OC)c1)C(Cc1ccccc1)C(=O)NC1CCCCC1. The van der Waals surface area contributed by atoms with Crippen molar-refractivity contribution in [1.29, 1.82) is 0 Å². The number of ether oxygens (including phenoxy) is 1. The molecule has 0 radical (unpaired) electrons. The molecule has 172 valence electrons. The highest BCUT2D eigenvalue weighted by Crippen LogP contribution is 2.21. The Kier molecular flexibility index (Phi) is 9.14. The van der Waals surface area contributed by atoms with Crippen LogP contribution in [-0.4, -0.2) is 35.9 Å². The summed E-state index contributed by atoms with van der Waals surface area (Å²) in [5, 5.41) is 3.27. The molecule has 1 unspecified atom stereocenters. The summed E-state index contributed by atoms with van der Waals surface area (Å²) >= 11 is 0. The predicted molar refractivity (Wildman–Crippen MR) is 127 cm³/mol. The van der Waals surface area contributed by atoms with Gasteiger partial charge in [-0.2, -0.15) is 0 Å². The summed E-state index contributed by atoms with van der Waals surface area (Å²) in [7, 11) is 1.63. The van der Waals surface area contributed by atoms with Crippen molar-refractivity contribution in [2.45, 2.75) is 76.9 Å². The van der Waals surface area contributed by atoms with Crippen molar-refractivity contribution in [1.82, 2.24) is 10.2 Å². The van der Waals surface area contributed by atoms with Crippen LogP contribution >= 0.6 is 0 Å². The fourth-order valence-electron chi connectivity index (χ4n) is 4.42. The third kappa shape index (κ3) is 6.84. The third-order valence-electron chi connectivity index (χ3n) is 6.17. The molecule has 0 bridgehead atoms. The minimum atomic E-state index is -0.551. The van der Waals surface area contributed by atoms with Gasteiger partial charge in [0.25, 0.3) is 0 Å². The van der Waals surface area contributed by atoms with Crippen molar-refractivity contribution in [2.24, 2.45) is 0 Å². The highest BCUT2D eigenvalue weighted by Gasteiger charge is 2.31. The Labute approximate surface area is 192 Å². The zero-order valence-corrected chi connectivity index (χ0v) is 19.4. The Hall–Kier alpha value is -2.82. The van der Waals surface area contributed by atoms with Gasteiger partial charge < -0.3 is 15.0 Å². The molecule has 32 heavy (non-hydrogen) atoms. The van der Waals surface area contributed by atoms with Crippen LogP contribution in [0.25, 0.3) is 0 Å². The first-order valence-corrected chi connectivity index (χ1v) is 11.9. The molecular weight excluding hydrogens is 400 g/mol. The van der Waals surface area contributed by atoms with E-state index in [1.807, 2.05) is 61.5 Å². The van der Waals surface area contributed by atoms with Gasteiger partial charge in [0.1, 0.15) is 11.8 Å². The van der Waals surface area contributed by atoms with Crippen LogP contribution in [-0.2, 0) is 22.6 Å². The zero-order chi connectivity index (χ0) is 22.8. The third-order valence-corrected chi connectivity index (χ3v) is 6.17. The molecule has 2 amide bonds. The molecule has 1 atom stereocenters. The average Bonchev–Trinajstić information content (AvgIpc) is 2.83. The number of carbonyl (C=O) groups is 2. The van der Waals surface area contributed by atoms with Gasteiger partial charge in [-0.05, 0) is 42.5 Å². The Morgan fingerprint density at radius 3 is 2.44 bits per heavy atom. The van der Waals surface area contributed by atoms with E-state index in [0.29, 0.717) is 19.4 Å². The predicted octanol–water partition coefficient (Wildman–Crippen LogP) is 4.88. The number of rotatable bonds is 10. The van der Waals surface area contributed by atoms with Crippen molar-refractivity contribution >= 4 is 11.8 Å². The fraction of sp³-hybridized carbons (Fsp3) is 0.481. The highest BCUT2D eigenvalue weighted by atomic mass is 16.5. The van der Waals surface area contributed by atoms with Gasteiger partial charge in [0, 0.05) is 25.4 Å². The minimum Gasteiger partial charge on any atom is -0.497 e. The van der Waals surface area contributed by atoms with Gasteiger partial charge in [-0.25, -0.2) is 0 Å². The van der Waals surface area contributed by atoms with Gasteiger partial charge in [-0.3, -0.25) is 9.59 Å². The lowest BCUT2D eigenvalue weighted by atomic mass is 9.94. The van der Waals surface area contributed by atoms with Crippen molar-refractivity contribution < 1.29 is 14.3 Å². The Morgan fingerprint density at radius 1 is 1.03 bits per heavy atom. The Morgan fingerprint density at radius 2 is 1.75 bits per heavy atom. The van der Waals surface area contributed by atoms with Gasteiger partial charge in [0.05, 0.1) is 7.11 Å². The molecule has 0 spiro atoms. The summed E-state index contributed by atoms with van der Waals surface area (Å²) in [6.07, 6.45) is 7.23. The number of nitrogens with one attached hydrogen (secondary N) is 1. The summed E-state index contributed by atoms with van der Waals surface area (Å²) in [5.41, 5.74) is 2.01. The standard InChI is InChI=1S/C27H36N2O3/c1-3-11-26(30)29(20-22-14-10-17-24(18-22)32-2)25(19-21-12-6-4-7-13-21)27(31)28-23-15-8-5-9-16-23/h4,6-7,10,12-14,17-18,23,25H,3,5,8-9,11,15-16,19-20H2,1-2H3,(H,28,31).